The van der Waals surface area contributed by atoms with E-state index in [9.17, 15) is 0 Å². The molecule has 0 saturated heterocycles. The zero-order valence-corrected chi connectivity index (χ0v) is 7.76. The van der Waals surface area contributed by atoms with E-state index in [1.807, 2.05) is 6.07 Å². The molecule has 3 heteroatoms. The van der Waals surface area contributed by atoms with Crippen LogP contribution in [0.2, 0.25) is 0 Å². The van der Waals surface area contributed by atoms with Gasteiger partial charge >= 0.3 is 0 Å². The summed E-state index contributed by atoms with van der Waals surface area (Å²) >= 11 is 0. The Morgan fingerprint density at radius 3 is 3.08 bits per heavy atom. The third-order valence-electron chi connectivity index (χ3n) is 2.50. The predicted molar refractivity (Wildman–Crippen MR) is 52.8 cm³/mol. The lowest BCUT2D eigenvalue weighted by Gasteiger charge is -2.20. The number of nitrogens with one attached hydrogen (secondary N) is 1. The molecule has 70 valence electrons. The van der Waals surface area contributed by atoms with E-state index < -0.39 is 0 Å². The van der Waals surface area contributed by atoms with Crippen LogP contribution < -0.4 is 15.8 Å². The van der Waals surface area contributed by atoms with Gasteiger partial charge in [0.05, 0.1) is 12.8 Å². The number of hydrogen-bond acceptors (Lipinski definition) is 3. The van der Waals surface area contributed by atoms with E-state index in [0.29, 0.717) is 0 Å². The number of methoxy groups -OCH3 is 1. The van der Waals surface area contributed by atoms with Gasteiger partial charge in [-0.15, -0.1) is 0 Å². The molecule has 0 aliphatic carbocycles. The summed E-state index contributed by atoms with van der Waals surface area (Å²) in [5.41, 5.74) is 9.31. The number of hydrogen-bond donors (Lipinski definition) is 2. The van der Waals surface area contributed by atoms with E-state index in [0.717, 1.165) is 30.9 Å². The maximum Gasteiger partial charge on any atom is 0.142 e. The zero-order valence-electron chi connectivity index (χ0n) is 7.76. The fourth-order valence-electron chi connectivity index (χ4n) is 1.76. The van der Waals surface area contributed by atoms with Gasteiger partial charge in [0.25, 0.3) is 0 Å². The highest BCUT2D eigenvalue weighted by molar-refractivity contribution is 5.61. The summed E-state index contributed by atoms with van der Waals surface area (Å²) in [6.07, 6.45) is 0.998. The second-order valence-electron chi connectivity index (χ2n) is 3.25. The zero-order chi connectivity index (χ0) is 9.26. The first kappa shape index (κ1) is 8.38. The van der Waals surface area contributed by atoms with E-state index in [2.05, 4.69) is 11.4 Å². The van der Waals surface area contributed by atoms with Crippen LogP contribution in [0, 0.1) is 0 Å². The first-order chi connectivity index (χ1) is 6.33. The summed E-state index contributed by atoms with van der Waals surface area (Å²) in [5, 5.41) is 3.31. The highest BCUT2D eigenvalue weighted by Crippen LogP contribution is 2.29. The normalized spacial score (nSPS) is 15.2. The Balaban J connectivity index is 2.48. The van der Waals surface area contributed by atoms with Crippen LogP contribution in [0.4, 0.5) is 5.69 Å². The van der Waals surface area contributed by atoms with Crippen molar-refractivity contribution >= 4 is 5.69 Å². The largest absolute Gasteiger partial charge is 0.495 e. The average molecular weight is 178 g/mol. The van der Waals surface area contributed by atoms with E-state index >= 15 is 0 Å². The highest BCUT2D eigenvalue weighted by atomic mass is 16.5. The van der Waals surface area contributed by atoms with Gasteiger partial charge in [0.2, 0.25) is 0 Å². The van der Waals surface area contributed by atoms with Crippen LogP contribution in [0.15, 0.2) is 12.1 Å². The van der Waals surface area contributed by atoms with Gasteiger partial charge in [0, 0.05) is 6.54 Å². The molecular weight excluding hydrogens is 164 g/mol. The smallest absolute Gasteiger partial charge is 0.142 e. The molecule has 1 aromatic carbocycles. The fourth-order valence-corrected chi connectivity index (χ4v) is 1.76. The van der Waals surface area contributed by atoms with E-state index in [1.54, 1.807) is 7.11 Å². The lowest BCUT2D eigenvalue weighted by Crippen LogP contribution is -2.24. The van der Waals surface area contributed by atoms with Crippen molar-refractivity contribution in [3.8, 4) is 5.75 Å². The molecule has 0 spiro atoms. The summed E-state index contributed by atoms with van der Waals surface area (Å²) < 4.78 is 5.17. The van der Waals surface area contributed by atoms with Gasteiger partial charge in [-0.3, -0.25) is 0 Å². The molecule has 2 rings (SSSR count). The Morgan fingerprint density at radius 1 is 1.46 bits per heavy atom. The molecule has 1 aliphatic rings. The summed E-state index contributed by atoms with van der Waals surface area (Å²) in [5.74, 6) is 0.792. The second-order valence-corrected chi connectivity index (χ2v) is 3.25. The summed E-state index contributed by atoms with van der Waals surface area (Å²) in [4.78, 5) is 0. The van der Waals surface area contributed by atoms with Crippen LogP contribution in [-0.2, 0) is 13.0 Å². The maximum absolute atomic E-state index is 5.96. The molecule has 0 unspecified atom stereocenters. The first-order valence-electron chi connectivity index (χ1n) is 4.48. The Hall–Kier alpha value is -1.22. The highest BCUT2D eigenvalue weighted by Gasteiger charge is 2.13. The molecular formula is C10H14N2O. The minimum absolute atomic E-state index is 0.792. The van der Waals surface area contributed by atoms with Crippen LogP contribution in [0.1, 0.15) is 11.1 Å². The Kier molecular flexibility index (Phi) is 2.10. The van der Waals surface area contributed by atoms with Crippen molar-refractivity contribution in [2.45, 2.75) is 13.0 Å². The molecule has 0 fully saturated rings. The third-order valence-corrected chi connectivity index (χ3v) is 2.50. The monoisotopic (exact) mass is 178 g/mol. The van der Waals surface area contributed by atoms with E-state index in [-0.39, 0.29) is 0 Å². The van der Waals surface area contributed by atoms with Gasteiger partial charge in [-0.25, -0.2) is 0 Å². The molecule has 0 aromatic heterocycles. The lowest BCUT2D eigenvalue weighted by atomic mass is 9.99. The average Bonchev–Trinajstić information content (AvgIpc) is 2.19. The summed E-state index contributed by atoms with van der Waals surface area (Å²) in [6.45, 7) is 1.92. The molecule has 0 amide bonds. The number of nitrogen functional groups attached to an aromatic ring is 1. The number of rotatable bonds is 1. The van der Waals surface area contributed by atoms with Crippen molar-refractivity contribution < 1.29 is 4.74 Å². The van der Waals surface area contributed by atoms with Crippen molar-refractivity contribution in [1.29, 1.82) is 0 Å². The Bertz CT molecular complexity index is 323. The molecule has 1 heterocycles. The molecule has 0 saturated carbocycles. The van der Waals surface area contributed by atoms with Crippen molar-refractivity contribution in [2.75, 3.05) is 19.4 Å². The van der Waals surface area contributed by atoms with Crippen molar-refractivity contribution in [3.63, 3.8) is 0 Å². The lowest BCUT2D eigenvalue weighted by molar-refractivity contribution is 0.416. The molecule has 3 nitrogen and oxygen atoms in total. The van der Waals surface area contributed by atoms with Gasteiger partial charge in [-0.1, -0.05) is 6.07 Å². The van der Waals surface area contributed by atoms with E-state index in [1.165, 1.54) is 11.1 Å². The van der Waals surface area contributed by atoms with Crippen molar-refractivity contribution in [1.82, 2.24) is 5.32 Å². The number of nitrogens with two attached hydrogens (primary N) is 1. The number of anilines is 1. The molecule has 0 radical (unpaired) electrons. The Labute approximate surface area is 77.9 Å². The molecule has 1 aliphatic heterocycles. The van der Waals surface area contributed by atoms with Crippen molar-refractivity contribution in [3.05, 3.63) is 23.3 Å². The predicted octanol–water partition coefficient (Wildman–Crippen LogP) is 0.923. The first-order valence-corrected chi connectivity index (χ1v) is 4.48. The van der Waals surface area contributed by atoms with Crippen molar-refractivity contribution in [2.24, 2.45) is 0 Å². The number of fused-ring (bicyclic) bond motifs is 1. The van der Waals surface area contributed by atoms with E-state index in [4.69, 9.17) is 10.5 Å². The van der Waals surface area contributed by atoms with Crippen LogP contribution in [-0.4, -0.2) is 13.7 Å². The minimum atomic E-state index is 0.792. The quantitative estimate of drug-likeness (QED) is 0.629. The molecule has 0 bridgehead atoms. The van der Waals surface area contributed by atoms with Crippen LogP contribution in [0.3, 0.4) is 0 Å². The van der Waals surface area contributed by atoms with Gasteiger partial charge in [0.1, 0.15) is 5.75 Å². The van der Waals surface area contributed by atoms with Gasteiger partial charge in [-0.2, -0.15) is 0 Å². The Morgan fingerprint density at radius 2 is 2.31 bits per heavy atom. The number of benzene rings is 1. The summed E-state index contributed by atoms with van der Waals surface area (Å²) in [7, 11) is 1.65. The topological polar surface area (TPSA) is 47.3 Å². The van der Waals surface area contributed by atoms with Crippen LogP contribution in [0.5, 0.6) is 5.75 Å². The SMILES string of the molecule is COc1ccc2c(c1N)CCNC2. The standard InChI is InChI=1S/C10H14N2O/c1-13-9-3-2-7-6-12-5-4-8(7)10(9)11/h2-3,12H,4-6,11H2,1H3. The minimum Gasteiger partial charge on any atom is -0.495 e. The molecule has 13 heavy (non-hydrogen) atoms. The van der Waals surface area contributed by atoms with Crippen LogP contribution in [0.25, 0.3) is 0 Å². The molecule has 0 atom stereocenters. The fraction of sp³-hybridized carbons (Fsp3) is 0.400. The summed E-state index contributed by atoms with van der Waals surface area (Å²) in [6, 6.07) is 4.01. The van der Waals surface area contributed by atoms with Gasteiger partial charge in [0.15, 0.2) is 0 Å². The third kappa shape index (κ3) is 1.35. The maximum atomic E-state index is 5.96. The molecule has 1 aromatic rings. The van der Waals surface area contributed by atoms with Gasteiger partial charge < -0.3 is 15.8 Å². The molecule has 3 N–H and O–H groups in total. The van der Waals surface area contributed by atoms with Gasteiger partial charge in [-0.05, 0) is 30.2 Å². The second kappa shape index (κ2) is 3.26. The number of ether oxygens (including phenoxy) is 1. The van der Waals surface area contributed by atoms with Crippen LogP contribution >= 0.6 is 0 Å².